The summed E-state index contributed by atoms with van der Waals surface area (Å²) in [7, 11) is 0. The van der Waals surface area contributed by atoms with Gasteiger partial charge in [0.15, 0.2) is 0 Å². The highest BCUT2D eigenvalue weighted by Gasteiger charge is 2.22. The second kappa shape index (κ2) is 11.5. The van der Waals surface area contributed by atoms with Crippen molar-refractivity contribution in [3.05, 3.63) is 77.5 Å². The molecule has 0 aliphatic carbocycles. The summed E-state index contributed by atoms with van der Waals surface area (Å²) in [5, 5.41) is 12.2. The summed E-state index contributed by atoms with van der Waals surface area (Å²) in [4.78, 5) is 32.0. The largest absolute Gasteiger partial charge is 0.488 e. The maximum atomic E-state index is 12.3. The molecule has 1 aromatic heterocycles. The molecule has 3 aromatic rings. The summed E-state index contributed by atoms with van der Waals surface area (Å²) >= 11 is 0. The topological polar surface area (TPSA) is 137 Å². The van der Waals surface area contributed by atoms with Gasteiger partial charge < -0.3 is 25.6 Å². The number of hydrogen-bond acceptors (Lipinski definition) is 8. The predicted octanol–water partition coefficient (Wildman–Crippen LogP) is 3.63. The molecule has 186 valence electrons. The Kier molecular flexibility index (Phi) is 7.92. The summed E-state index contributed by atoms with van der Waals surface area (Å²) < 4.78 is 11.6. The Hall–Kier alpha value is -4.24. The van der Waals surface area contributed by atoms with E-state index in [0.717, 1.165) is 54.9 Å². The molecule has 9 heteroatoms. The van der Waals surface area contributed by atoms with Crippen LogP contribution in [0.4, 0.5) is 5.95 Å². The maximum absolute atomic E-state index is 12.3. The van der Waals surface area contributed by atoms with E-state index in [4.69, 9.17) is 20.3 Å². The van der Waals surface area contributed by atoms with E-state index in [1.165, 1.54) is 0 Å². The van der Waals surface area contributed by atoms with E-state index >= 15 is 0 Å². The molecule has 2 aromatic carbocycles. The number of nitrogens with zero attached hydrogens (tertiary/aromatic N) is 2. The lowest BCUT2D eigenvalue weighted by molar-refractivity contribution is -0.133. The fourth-order valence-electron chi connectivity index (χ4n) is 4.02. The number of carbonyl (C=O) groups excluding carboxylic acids is 1. The fourth-order valence-corrected chi connectivity index (χ4v) is 4.02. The van der Waals surface area contributed by atoms with Crippen LogP contribution in [0.15, 0.2) is 60.7 Å². The van der Waals surface area contributed by atoms with Crippen molar-refractivity contribution in [1.82, 2.24) is 15.3 Å². The number of rotatable bonds is 8. The molecule has 1 unspecified atom stereocenters. The summed E-state index contributed by atoms with van der Waals surface area (Å²) in [6.45, 7) is 4.04. The van der Waals surface area contributed by atoms with E-state index in [-0.39, 0.29) is 24.2 Å². The van der Waals surface area contributed by atoms with Crippen molar-refractivity contribution in [2.45, 2.75) is 32.3 Å². The number of anilines is 1. The first kappa shape index (κ1) is 24.9. The van der Waals surface area contributed by atoms with Crippen LogP contribution < -0.4 is 20.5 Å². The van der Waals surface area contributed by atoms with Crippen molar-refractivity contribution in [3.63, 3.8) is 0 Å². The van der Waals surface area contributed by atoms with Crippen molar-refractivity contribution in [2.75, 3.05) is 18.8 Å². The number of nitrogens with two attached hydrogens (primary N) is 1. The van der Waals surface area contributed by atoms with Gasteiger partial charge in [-0.05, 0) is 50.1 Å². The van der Waals surface area contributed by atoms with Gasteiger partial charge in [-0.1, -0.05) is 35.9 Å². The maximum Gasteiger partial charge on any atom is 0.336 e. The molecule has 0 spiro atoms. The minimum atomic E-state index is -1.25. The standard InChI is InChI=1S/C27H28N4O5/c1-17-7-9-18(10-8-17)16-35-22-5-2-6-23(36-25(34)12-11-24(32)33)26(22)21-14-20(30-27(28)31-21)19-4-3-13-29-15-19/h2,5-12,14,19,29H,3-4,13,15-16H2,1H3,(H,32,33)(H2,28,30,31)/b12-11+. The number of esters is 1. The van der Waals surface area contributed by atoms with Gasteiger partial charge in [-0.25, -0.2) is 19.6 Å². The number of benzene rings is 2. The van der Waals surface area contributed by atoms with Gasteiger partial charge in [-0.15, -0.1) is 0 Å². The lowest BCUT2D eigenvalue weighted by atomic mass is 9.94. The van der Waals surface area contributed by atoms with Crippen LogP contribution in [0.5, 0.6) is 11.5 Å². The fraction of sp³-hybridized carbons (Fsp3) is 0.259. The highest BCUT2D eigenvalue weighted by molar-refractivity contribution is 5.92. The second-order valence-corrected chi connectivity index (χ2v) is 8.58. The third kappa shape index (κ3) is 6.45. The van der Waals surface area contributed by atoms with E-state index in [2.05, 4.69) is 15.3 Å². The molecule has 1 atom stereocenters. The number of piperidine rings is 1. The Labute approximate surface area is 209 Å². The number of nitrogens with one attached hydrogen (secondary N) is 1. The number of carbonyl (C=O) groups is 2. The summed E-state index contributed by atoms with van der Waals surface area (Å²) in [5.41, 5.74) is 9.88. The molecule has 36 heavy (non-hydrogen) atoms. The second-order valence-electron chi connectivity index (χ2n) is 8.58. The molecule has 0 amide bonds. The van der Waals surface area contributed by atoms with Crippen LogP contribution in [-0.2, 0) is 16.2 Å². The number of aromatic nitrogens is 2. The molecule has 1 fully saturated rings. The molecule has 0 bridgehead atoms. The highest BCUT2D eigenvalue weighted by atomic mass is 16.5. The van der Waals surface area contributed by atoms with Crippen LogP contribution in [0.25, 0.3) is 11.3 Å². The van der Waals surface area contributed by atoms with Gasteiger partial charge in [-0.2, -0.15) is 0 Å². The first-order chi connectivity index (χ1) is 17.4. The van der Waals surface area contributed by atoms with Gasteiger partial charge >= 0.3 is 11.9 Å². The van der Waals surface area contributed by atoms with E-state index in [1.807, 2.05) is 37.3 Å². The number of nitrogen functional groups attached to an aromatic ring is 1. The zero-order chi connectivity index (χ0) is 25.5. The third-order valence-electron chi connectivity index (χ3n) is 5.81. The molecule has 2 heterocycles. The van der Waals surface area contributed by atoms with Gasteiger partial charge in [0, 0.05) is 24.6 Å². The molecule has 0 saturated carbocycles. The first-order valence-corrected chi connectivity index (χ1v) is 11.7. The predicted molar refractivity (Wildman–Crippen MR) is 135 cm³/mol. The van der Waals surface area contributed by atoms with E-state index in [9.17, 15) is 9.59 Å². The highest BCUT2D eigenvalue weighted by Crippen LogP contribution is 2.39. The SMILES string of the molecule is Cc1ccc(COc2cccc(OC(=O)/C=C/C(=O)O)c2-c2cc(C3CCCNC3)nc(N)n2)cc1. The zero-order valence-corrected chi connectivity index (χ0v) is 19.9. The molecule has 4 N–H and O–H groups in total. The van der Waals surface area contributed by atoms with Crippen LogP contribution in [-0.4, -0.2) is 40.1 Å². The summed E-state index contributed by atoms with van der Waals surface area (Å²) in [6, 6.07) is 14.8. The minimum Gasteiger partial charge on any atom is -0.488 e. The van der Waals surface area contributed by atoms with Crippen LogP contribution in [0.1, 0.15) is 35.6 Å². The molecule has 1 aliphatic heterocycles. The van der Waals surface area contributed by atoms with Crippen LogP contribution in [0, 0.1) is 6.92 Å². The summed E-state index contributed by atoms with van der Waals surface area (Å²) in [6.07, 6.45) is 3.56. The third-order valence-corrected chi connectivity index (χ3v) is 5.81. The van der Waals surface area contributed by atoms with Gasteiger partial charge in [0.1, 0.15) is 18.1 Å². The Bertz CT molecular complexity index is 1270. The van der Waals surface area contributed by atoms with Crippen molar-refractivity contribution in [3.8, 4) is 22.8 Å². The zero-order valence-electron chi connectivity index (χ0n) is 19.9. The van der Waals surface area contributed by atoms with Crippen LogP contribution in [0.2, 0.25) is 0 Å². The number of ether oxygens (including phenoxy) is 2. The lowest BCUT2D eigenvalue weighted by Crippen LogP contribution is -2.29. The molecular weight excluding hydrogens is 460 g/mol. The van der Waals surface area contributed by atoms with Crippen molar-refractivity contribution in [2.24, 2.45) is 0 Å². The number of carboxylic acids is 1. The Morgan fingerprint density at radius 1 is 1.14 bits per heavy atom. The average molecular weight is 489 g/mol. The van der Waals surface area contributed by atoms with Crippen LogP contribution in [0.3, 0.4) is 0 Å². The van der Waals surface area contributed by atoms with E-state index in [1.54, 1.807) is 18.2 Å². The van der Waals surface area contributed by atoms with E-state index in [0.29, 0.717) is 17.0 Å². The Morgan fingerprint density at radius 2 is 1.92 bits per heavy atom. The molecule has 9 nitrogen and oxygen atoms in total. The lowest BCUT2D eigenvalue weighted by Gasteiger charge is -2.23. The minimum absolute atomic E-state index is 0.101. The Balaban J connectivity index is 1.73. The Morgan fingerprint density at radius 3 is 2.64 bits per heavy atom. The number of aliphatic carboxylic acids is 1. The van der Waals surface area contributed by atoms with Gasteiger partial charge in [0.2, 0.25) is 5.95 Å². The molecule has 4 rings (SSSR count). The van der Waals surface area contributed by atoms with Crippen LogP contribution >= 0.6 is 0 Å². The average Bonchev–Trinajstić information content (AvgIpc) is 2.87. The van der Waals surface area contributed by atoms with Crippen molar-refractivity contribution < 1.29 is 24.2 Å². The number of aryl methyl sites for hydroxylation is 1. The van der Waals surface area contributed by atoms with Gasteiger partial charge in [0.05, 0.1) is 17.0 Å². The summed E-state index contributed by atoms with van der Waals surface area (Å²) in [5.74, 6) is -1.21. The van der Waals surface area contributed by atoms with Gasteiger partial charge in [-0.3, -0.25) is 0 Å². The first-order valence-electron chi connectivity index (χ1n) is 11.7. The molecule has 0 radical (unpaired) electrons. The smallest absolute Gasteiger partial charge is 0.336 e. The number of carboxylic acid groups (broad SMARTS) is 1. The van der Waals surface area contributed by atoms with Crippen molar-refractivity contribution in [1.29, 1.82) is 0 Å². The monoisotopic (exact) mass is 488 g/mol. The normalized spacial score (nSPS) is 15.5. The molecular formula is C27H28N4O5. The number of hydrogen-bond donors (Lipinski definition) is 3. The van der Waals surface area contributed by atoms with Crippen molar-refractivity contribution >= 4 is 17.9 Å². The van der Waals surface area contributed by atoms with E-state index < -0.39 is 11.9 Å². The molecule has 1 saturated heterocycles. The van der Waals surface area contributed by atoms with Gasteiger partial charge in [0.25, 0.3) is 0 Å². The molecule has 1 aliphatic rings. The quantitative estimate of drug-likeness (QED) is 0.247.